The Labute approximate surface area is 180 Å². The summed E-state index contributed by atoms with van der Waals surface area (Å²) < 4.78 is 11.1. The molecule has 0 amide bonds. The fourth-order valence-corrected chi connectivity index (χ4v) is 4.94. The molecule has 1 aromatic carbocycles. The van der Waals surface area contributed by atoms with Crippen LogP contribution in [0.15, 0.2) is 34.7 Å². The molecule has 1 aliphatic heterocycles. The number of carbonyl (C=O) groups is 2. The second-order valence-electron chi connectivity index (χ2n) is 8.13. The van der Waals surface area contributed by atoms with Crippen LogP contribution >= 0.6 is 11.6 Å². The van der Waals surface area contributed by atoms with Crippen molar-refractivity contribution in [1.82, 2.24) is 5.32 Å². The molecule has 3 aliphatic rings. The highest BCUT2D eigenvalue weighted by molar-refractivity contribution is 6.32. The van der Waals surface area contributed by atoms with Crippen LogP contribution in [0.1, 0.15) is 63.4 Å². The topological polar surface area (TPSA) is 84.9 Å². The van der Waals surface area contributed by atoms with Gasteiger partial charge in [-0.1, -0.05) is 11.6 Å². The Balaban J connectivity index is 1.82. The van der Waals surface area contributed by atoms with E-state index in [0.29, 0.717) is 28.8 Å². The van der Waals surface area contributed by atoms with E-state index in [1.54, 1.807) is 12.1 Å². The van der Waals surface area contributed by atoms with Crippen LogP contribution in [-0.4, -0.2) is 30.1 Å². The number of ether oxygens (including phenoxy) is 2. The number of aromatic hydroxyl groups is 1. The molecule has 4 rings (SSSR count). The number of rotatable bonds is 4. The first-order valence-electron chi connectivity index (χ1n) is 10.4. The number of hydrogen-bond acceptors (Lipinski definition) is 6. The number of carbonyl (C=O) groups excluding carboxylic acids is 2. The quantitative estimate of drug-likeness (QED) is 0.682. The minimum absolute atomic E-state index is 0.00980. The molecule has 0 spiro atoms. The fraction of sp³-hybridized carbons (Fsp3) is 0.478. The summed E-state index contributed by atoms with van der Waals surface area (Å²) in [5.74, 6) is -0.991. The average molecular weight is 432 g/mol. The second-order valence-corrected chi connectivity index (χ2v) is 8.54. The summed E-state index contributed by atoms with van der Waals surface area (Å²) in [6.07, 6.45) is 5.68. The summed E-state index contributed by atoms with van der Waals surface area (Å²) in [6, 6.07) is 3.23. The van der Waals surface area contributed by atoms with Gasteiger partial charge in [0.2, 0.25) is 0 Å². The third-order valence-corrected chi connectivity index (χ3v) is 6.46. The molecule has 6 nitrogen and oxygen atoms in total. The first-order chi connectivity index (χ1) is 14.4. The van der Waals surface area contributed by atoms with Gasteiger partial charge in [-0.25, -0.2) is 4.79 Å². The highest BCUT2D eigenvalue weighted by atomic mass is 35.5. The maximum atomic E-state index is 13.3. The molecule has 0 bridgehead atoms. The van der Waals surface area contributed by atoms with Gasteiger partial charge in [-0.2, -0.15) is 0 Å². The van der Waals surface area contributed by atoms with Crippen LogP contribution in [0.4, 0.5) is 0 Å². The lowest BCUT2D eigenvalue weighted by atomic mass is 9.75. The standard InChI is InChI=1S/C23H26ClNO5/c1-12-19(23(28)30-14-6-3-4-7-14)20(21-16(25-12)8-5-9-17(21)26)13-10-15(24)22(27)18(11-13)29-2/h10-11,14,20,25,27H,3-9H2,1-2H3/t20-/m0/s1. The van der Waals surface area contributed by atoms with Gasteiger partial charge in [0, 0.05) is 29.3 Å². The van der Waals surface area contributed by atoms with Crippen molar-refractivity contribution in [1.29, 1.82) is 0 Å². The molecule has 1 fully saturated rings. The van der Waals surface area contributed by atoms with Crippen molar-refractivity contribution in [3.8, 4) is 11.5 Å². The molecule has 1 heterocycles. The molecule has 1 aromatic rings. The summed E-state index contributed by atoms with van der Waals surface area (Å²) >= 11 is 6.25. The SMILES string of the molecule is COc1cc([C@H]2C(C(=O)OC3CCCC3)=C(C)NC3=C2C(=O)CCC3)cc(Cl)c1O. The maximum Gasteiger partial charge on any atom is 0.337 e. The minimum Gasteiger partial charge on any atom is -0.503 e. The Bertz CT molecular complexity index is 959. The van der Waals surface area contributed by atoms with Crippen molar-refractivity contribution in [2.24, 2.45) is 0 Å². The molecular formula is C23H26ClNO5. The van der Waals surface area contributed by atoms with Gasteiger partial charge in [-0.3, -0.25) is 4.79 Å². The third-order valence-electron chi connectivity index (χ3n) is 6.18. The number of allylic oxidation sites excluding steroid dienone is 3. The summed E-state index contributed by atoms with van der Waals surface area (Å²) in [5.41, 5.74) is 3.14. The van der Waals surface area contributed by atoms with E-state index in [1.807, 2.05) is 6.92 Å². The van der Waals surface area contributed by atoms with Crippen molar-refractivity contribution >= 4 is 23.4 Å². The van der Waals surface area contributed by atoms with Crippen LogP contribution in [0.25, 0.3) is 0 Å². The van der Waals surface area contributed by atoms with Crippen molar-refractivity contribution in [3.63, 3.8) is 0 Å². The summed E-state index contributed by atoms with van der Waals surface area (Å²) in [7, 11) is 1.43. The van der Waals surface area contributed by atoms with E-state index in [2.05, 4.69) is 5.32 Å². The van der Waals surface area contributed by atoms with Gasteiger partial charge >= 0.3 is 5.97 Å². The van der Waals surface area contributed by atoms with Crippen LogP contribution in [-0.2, 0) is 14.3 Å². The van der Waals surface area contributed by atoms with Gasteiger partial charge in [-0.15, -0.1) is 0 Å². The number of methoxy groups -OCH3 is 1. The van der Waals surface area contributed by atoms with Crippen molar-refractivity contribution in [2.75, 3.05) is 7.11 Å². The summed E-state index contributed by atoms with van der Waals surface area (Å²) in [6.45, 7) is 1.83. The molecule has 0 saturated heterocycles. The van der Waals surface area contributed by atoms with Gasteiger partial charge in [0.1, 0.15) is 6.10 Å². The smallest absolute Gasteiger partial charge is 0.337 e. The number of benzene rings is 1. The first-order valence-corrected chi connectivity index (χ1v) is 10.8. The molecule has 1 atom stereocenters. The highest BCUT2D eigenvalue weighted by Gasteiger charge is 2.40. The van der Waals surface area contributed by atoms with Gasteiger partial charge in [0.05, 0.1) is 17.7 Å². The van der Waals surface area contributed by atoms with Gasteiger partial charge in [-0.05, 0) is 63.1 Å². The van der Waals surface area contributed by atoms with E-state index in [-0.39, 0.29) is 28.4 Å². The number of esters is 1. The Morgan fingerprint density at radius 1 is 1.20 bits per heavy atom. The average Bonchev–Trinajstić information content (AvgIpc) is 3.22. The van der Waals surface area contributed by atoms with Crippen molar-refractivity contribution in [3.05, 3.63) is 45.3 Å². The van der Waals surface area contributed by atoms with Crippen LogP contribution in [0.2, 0.25) is 5.02 Å². The van der Waals surface area contributed by atoms with Gasteiger partial charge in [0.25, 0.3) is 0 Å². The maximum absolute atomic E-state index is 13.3. The molecule has 1 saturated carbocycles. The van der Waals surface area contributed by atoms with E-state index < -0.39 is 11.9 Å². The number of dihydropyridines is 1. The Morgan fingerprint density at radius 3 is 2.63 bits per heavy atom. The normalized spacial score (nSPS) is 22.1. The zero-order chi connectivity index (χ0) is 21.4. The minimum atomic E-state index is -0.616. The zero-order valence-electron chi connectivity index (χ0n) is 17.2. The number of ketones is 1. The zero-order valence-corrected chi connectivity index (χ0v) is 18.0. The van der Waals surface area contributed by atoms with E-state index in [1.165, 1.54) is 7.11 Å². The predicted octanol–water partition coefficient (Wildman–Crippen LogP) is 4.51. The molecule has 2 aliphatic carbocycles. The number of Topliss-reactive ketones (excluding diaryl/α,β-unsaturated/α-hetero) is 1. The molecular weight excluding hydrogens is 406 g/mol. The van der Waals surface area contributed by atoms with E-state index >= 15 is 0 Å². The summed E-state index contributed by atoms with van der Waals surface area (Å²) in [4.78, 5) is 26.2. The largest absolute Gasteiger partial charge is 0.503 e. The van der Waals surface area contributed by atoms with Crippen LogP contribution in [0, 0.1) is 0 Å². The molecule has 30 heavy (non-hydrogen) atoms. The van der Waals surface area contributed by atoms with Crippen LogP contribution in [0.5, 0.6) is 11.5 Å². The molecule has 7 heteroatoms. The van der Waals surface area contributed by atoms with E-state index in [4.69, 9.17) is 21.1 Å². The first kappa shape index (κ1) is 20.8. The summed E-state index contributed by atoms with van der Waals surface area (Å²) in [5, 5.41) is 13.6. The highest BCUT2D eigenvalue weighted by Crippen LogP contribution is 2.46. The van der Waals surface area contributed by atoms with E-state index in [9.17, 15) is 14.7 Å². The monoisotopic (exact) mass is 431 g/mol. The number of nitrogens with one attached hydrogen (secondary N) is 1. The third kappa shape index (κ3) is 3.69. The van der Waals surface area contributed by atoms with Crippen LogP contribution < -0.4 is 10.1 Å². The molecule has 0 radical (unpaired) electrons. The number of hydrogen-bond donors (Lipinski definition) is 2. The molecule has 0 unspecified atom stereocenters. The number of phenols is 1. The fourth-order valence-electron chi connectivity index (χ4n) is 4.72. The van der Waals surface area contributed by atoms with Crippen molar-refractivity contribution < 1.29 is 24.2 Å². The second kappa shape index (κ2) is 8.34. The van der Waals surface area contributed by atoms with Gasteiger partial charge < -0.3 is 19.9 Å². The predicted molar refractivity (Wildman–Crippen MR) is 112 cm³/mol. The van der Waals surface area contributed by atoms with Crippen molar-refractivity contribution in [2.45, 2.75) is 63.9 Å². The lowest BCUT2D eigenvalue weighted by Crippen LogP contribution is -2.35. The van der Waals surface area contributed by atoms with E-state index in [0.717, 1.165) is 44.2 Å². The Morgan fingerprint density at radius 2 is 1.93 bits per heavy atom. The number of halogens is 1. The molecule has 160 valence electrons. The Hall–Kier alpha value is -2.47. The lowest BCUT2D eigenvalue weighted by Gasteiger charge is -2.34. The lowest BCUT2D eigenvalue weighted by molar-refractivity contribution is -0.144. The van der Waals surface area contributed by atoms with Gasteiger partial charge in [0.15, 0.2) is 17.3 Å². The molecule has 2 N–H and O–H groups in total. The molecule has 0 aromatic heterocycles. The Kier molecular flexibility index (Phi) is 5.78. The van der Waals surface area contributed by atoms with Crippen LogP contribution in [0.3, 0.4) is 0 Å². The number of phenolic OH excluding ortho intramolecular Hbond substituents is 1.